The Hall–Kier alpha value is -5.44. The van der Waals surface area contributed by atoms with Gasteiger partial charge in [-0.3, -0.25) is 0 Å². The quantitative estimate of drug-likeness (QED) is 0.202. The minimum absolute atomic E-state index is 0.909. The zero-order valence-corrected chi connectivity index (χ0v) is 24.6. The van der Waals surface area contributed by atoms with Gasteiger partial charge in [-0.2, -0.15) is 0 Å². The molecule has 1 aliphatic heterocycles. The highest BCUT2D eigenvalue weighted by atomic mass is 32.1. The van der Waals surface area contributed by atoms with Crippen molar-refractivity contribution in [3.63, 3.8) is 0 Å². The molecule has 0 amide bonds. The Morgan fingerprint density at radius 2 is 0.955 bits per heavy atom. The van der Waals surface area contributed by atoms with E-state index in [2.05, 4.69) is 158 Å². The van der Waals surface area contributed by atoms with Gasteiger partial charge in [0.2, 0.25) is 0 Å². The zero-order valence-electron chi connectivity index (χ0n) is 23.8. The van der Waals surface area contributed by atoms with Crippen LogP contribution in [0.1, 0.15) is 0 Å². The highest BCUT2D eigenvalue weighted by Gasteiger charge is 2.21. The second-order valence-electron chi connectivity index (χ2n) is 11.3. The Morgan fingerprint density at radius 1 is 0.341 bits per heavy atom. The van der Waals surface area contributed by atoms with E-state index in [9.17, 15) is 0 Å². The van der Waals surface area contributed by atoms with Gasteiger partial charge in [-0.25, -0.2) is 0 Å². The number of ether oxygens (including phenoxy) is 1. The average molecular weight is 579 g/mol. The van der Waals surface area contributed by atoms with E-state index >= 15 is 0 Å². The van der Waals surface area contributed by atoms with Crippen LogP contribution in [0, 0.1) is 0 Å². The first-order chi connectivity index (χ1) is 21.8. The number of rotatable bonds is 4. The van der Waals surface area contributed by atoms with Gasteiger partial charge >= 0.3 is 0 Å². The van der Waals surface area contributed by atoms with E-state index in [-0.39, 0.29) is 0 Å². The number of thiophene rings is 1. The standard InChI is InChI=1S/C42H26OS/c1-2-10-27(11-3-1)31-18-6-12-28-13-7-19-34(41(28)31)32-16-4-5-17-33(32)40-25-24-39(44-40)30-22-23-37-36(26-30)35-20-8-14-29-15-9-21-38(43-37)42(29)35/h1-26H. The van der Waals surface area contributed by atoms with Crippen LogP contribution in [-0.2, 0) is 0 Å². The predicted molar refractivity (Wildman–Crippen MR) is 187 cm³/mol. The van der Waals surface area contributed by atoms with E-state index in [1.807, 2.05) is 11.3 Å². The minimum Gasteiger partial charge on any atom is -0.456 e. The highest BCUT2D eigenvalue weighted by Crippen LogP contribution is 2.49. The molecule has 7 aromatic carbocycles. The fourth-order valence-electron chi connectivity index (χ4n) is 6.71. The van der Waals surface area contributed by atoms with E-state index in [0.717, 1.165) is 17.1 Å². The van der Waals surface area contributed by atoms with Crippen molar-refractivity contribution in [2.45, 2.75) is 0 Å². The molecule has 0 saturated carbocycles. The van der Waals surface area contributed by atoms with Crippen LogP contribution in [0.2, 0.25) is 0 Å². The van der Waals surface area contributed by atoms with Crippen molar-refractivity contribution in [3.8, 4) is 65.8 Å². The van der Waals surface area contributed by atoms with Gasteiger partial charge in [0.25, 0.3) is 0 Å². The molecule has 2 heteroatoms. The molecule has 44 heavy (non-hydrogen) atoms. The molecule has 8 aromatic rings. The summed E-state index contributed by atoms with van der Waals surface area (Å²) in [5, 5.41) is 4.92. The van der Waals surface area contributed by atoms with Gasteiger partial charge in [-0.05, 0) is 91.5 Å². The smallest absolute Gasteiger partial charge is 0.135 e. The van der Waals surface area contributed by atoms with Gasteiger partial charge in [0.1, 0.15) is 11.5 Å². The summed E-state index contributed by atoms with van der Waals surface area (Å²) in [7, 11) is 0. The summed E-state index contributed by atoms with van der Waals surface area (Å²) in [6.07, 6.45) is 0. The monoisotopic (exact) mass is 578 g/mol. The van der Waals surface area contributed by atoms with E-state index in [1.54, 1.807) is 0 Å². The van der Waals surface area contributed by atoms with Gasteiger partial charge in [0, 0.05) is 20.7 Å². The van der Waals surface area contributed by atoms with Crippen LogP contribution in [0.15, 0.2) is 158 Å². The summed E-state index contributed by atoms with van der Waals surface area (Å²) >= 11 is 1.84. The second-order valence-corrected chi connectivity index (χ2v) is 12.3. The van der Waals surface area contributed by atoms with Crippen LogP contribution < -0.4 is 4.74 Å². The van der Waals surface area contributed by atoms with Gasteiger partial charge in [0.05, 0.1) is 0 Å². The first-order valence-electron chi connectivity index (χ1n) is 14.9. The first-order valence-corrected chi connectivity index (χ1v) is 15.7. The molecule has 1 aliphatic rings. The third-order valence-electron chi connectivity index (χ3n) is 8.72. The molecule has 1 nitrogen and oxygen atoms in total. The molecule has 0 saturated heterocycles. The molecule has 0 N–H and O–H groups in total. The highest BCUT2D eigenvalue weighted by molar-refractivity contribution is 7.18. The first kappa shape index (κ1) is 25.1. The van der Waals surface area contributed by atoms with Crippen LogP contribution in [0.4, 0.5) is 0 Å². The van der Waals surface area contributed by atoms with Gasteiger partial charge in [-0.15, -0.1) is 11.3 Å². The summed E-state index contributed by atoms with van der Waals surface area (Å²) in [6, 6.07) is 56.7. The summed E-state index contributed by atoms with van der Waals surface area (Å²) in [5.41, 5.74) is 9.82. The Bertz CT molecular complexity index is 2350. The SMILES string of the molecule is c1ccc(-c2cccc3cccc(-c4ccccc4-c4ccc(-c5ccc6c(c5)-c5cccc7cccc(c57)O6)s4)c23)cc1. The van der Waals surface area contributed by atoms with Crippen LogP contribution in [0.25, 0.3) is 75.8 Å². The number of hydrogen-bond donors (Lipinski definition) is 0. The van der Waals surface area contributed by atoms with Crippen molar-refractivity contribution in [2.75, 3.05) is 0 Å². The van der Waals surface area contributed by atoms with Crippen LogP contribution >= 0.6 is 11.3 Å². The predicted octanol–water partition coefficient (Wildman–Crippen LogP) is 12.5. The molecule has 0 spiro atoms. The lowest BCUT2D eigenvalue weighted by atomic mass is 9.89. The summed E-state index contributed by atoms with van der Waals surface area (Å²) in [5.74, 6) is 1.84. The van der Waals surface area contributed by atoms with Crippen molar-refractivity contribution in [2.24, 2.45) is 0 Å². The molecule has 0 unspecified atom stereocenters. The number of hydrogen-bond acceptors (Lipinski definition) is 2. The Balaban J connectivity index is 1.16. The van der Waals surface area contributed by atoms with Crippen LogP contribution in [-0.4, -0.2) is 0 Å². The lowest BCUT2D eigenvalue weighted by Gasteiger charge is -2.21. The molecule has 206 valence electrons. The second kappa shape index (κ2) is 10.1. The Labute approximate surface area is 260 Å². The minimum atomic E-state index is 0.909. The van der Waals surface area contributed by atoms with E-state index in [1.165, 1.54) is 70.2 Å². The summed E-state index contributed by atoms with van der Waals surface area (Å²) in [6.45, 7) is 0. The topological polar surface area (TPSA) is 9.23 Å². The van der Waals surface area contributed by atoms with Gasteiger partial charge in [0.15, 0.2) is 0 Å². The normalized spacial score (nSPS) is 11.8. The molecular formula is C42H26OS. The molecule has 1 aromatic heterocycles. The maximum Gasteiger partial charge on any atom is 0.135 e. The van der Waals surface area contributed by atoms with E-state index < -0.39 is 0 Å². The molecule has 0 bridgehead atoms. The van der Waals surface area contributed by atoms with Crippen molar-refractivity contribution in [1.82, 2.24) is 0 Å². The molecule has 9 rings (SSSR count). The third-order valence-corrected chi connectivity index (χ3v) is 9.89. The maximum atomic E-state index is 6.36. The zero-order chi connectivity index (χ0) is 29.0. The van der Waals surface area contributed by atoms with Gasteiger partial charge in [-0.1, -0.05) is 121 Å². The van der Waals surface area contributed by atoms with Gasteiger partial charge < -0.3 is 4.74 Å². The van der Waals surface area contributed by atoms with Crippen LogP contribution in [0.5, 0.6) is 11.5 Å². The molecular weight excluding hydrogens is 553 g/mol. The van der Waals surface area contributed by atoms with Crippen LogP contribution in [0.3, 0.4) is 0 Å². The van der Waals surface area contributed by atoms with E-state index in [4.69, 9.17) is 4.74 Å². The third kappa shape index (κ3) is 4.00. The lowest BCUT2D eigenvalue weighted by molar-refractivity contribution is 0.487. The fraction of sp³-hybridized carbons (Fsp3) is 0. The number of benzene rings is 7. The summed E-state index contributed by atoms with van der Waals surface area (Å²) in [4.78, 5) is 2.50. The Morgan fingerprint density at radius 3 is 1.75 bits per heavy atom. The summed E-state index contributed by atoms with van der Waals surface area (Å²) < 4.78 is 6.36. The molecule has 0 radical (unpaired) electrons. The lowest BCUT2D eigenvalue weighted by Crippen LogP contribution is -1.97. The molecule has 0 fully saturated rings. The van der Waals surface area contributed by atoms with E-state index in [0.29, 0.717) is 0 Å². The maximum absolute atomic E-state index is 6.36. The van der Waals surface area contributed by atoms with Crippen molar-refractivity contribution in [3.05, 3.63) is 158 Å². The molecule has 2 heterocycles. The van der Waals surface area contributed by atoms with Crippen molar-refractivity contribution >= 4 is 32.9 Å². The molecule has 0 atom stereocenters. The molecule has 0 aliphatic carbocycles. The fourth-order valence-corrected chi connectivity index (χ4v) is 7.75. The number of fused-ring (bicyclic) bond motifs is 3. The van der Waals surface area contributed by atoms with Crippen molar-refractivity contribution < 1.29 is 4.74 Å². The Kier molecular flexibility index (Phi) is 5.75. The average Bonchev–Trinajstić information content (AvgIpc) is 3.59. The largest absolute Gasteiger partial charge is 0.456 e. The van der Waals surface area contributed by atoms with Crippen molar-refractivity contribution in [1.29, 1.82) is 0 Å².